The zero-order valence-electron chi connectivity index (χ0n) is 17.5. The van der Waals surface area contributed by atoms with E-state index in [1.807, 2.05) is 18.2 Å². The van der Waals surface area contributed by atoms with Crippen molar-refractivity contribution >= 4 is 38.9 Å². The van der Waals surface area contributed by atoms with Gasteiger partial charge in [0.15, 0.2) is 6.61 Å². The van der Waals surface area contributed by atoms with E-state index < -0.39 is 0 Å². The summed E-state index contributed by atoms with van der Waals surface area (Å²) in [6, 6.07) is 17.4. The van der Waals surface area contributed by atoms with Crippen LogP contribution in [0.15, 0.2) is 66.9 Å². The quantitative estimate of drug-likeness (QED) is 0.398. The van der Waals surface area contributed by atoms with Gasteiger partial charge in [0.2, 0.25) is 5.78 Å². The predicted octanol–water partition coefficient (Wildman–Crippen LogP) is 4.56. The van der Waals surface area contributed by atoms with Gasteiger partial charge in [0.25, 0.3) is 5.91 Å². The lowest BCUT2D eigenvalue weighted by Crippen LogP contribution is -2.20. The number of nitrogens with zero attached hydrogens (tertiary/aromatic N) is 1. The number of carbonyl (C=O) groups is 2. The van der Waals surface area contributed by atoms with E-state index in [0.29, 0.717) is 33.4 Å². The molecule has 2 heterocycles. The molecule has 0 unspecified atom stereocenters. The average Bonchev–Trinajstić information content (AvgIpc) is 3.27. The molecule has 8 heteroatoms. The number of pyridine rings is 1. The maximum Gasteiger partial charge on any atom is 0.262 e. The van der Waals surface area contributed by atoms with Crippen LogP contribution in [0.3, 0.4) is 0 Å². The third-order valence-corrected chi connectivity index (χ3v) is 5.74. The smallest absolute Gasteiger partial charge is 0.262 e. The van der Waals surface area contributed by atoms with Crippen LogP contribution in [0.4, 0.5) is 5.69 Å². The maximum absolute atomic E-state index is 13.0. The molecule has 0 fully saturated rings. The van der Waals surface area contributed by atoms with Gasteiger partial charge in [0.1, 0.15) is 22.1 Å². The summed E-state index contributed by atoms with van der Waals surface area (Å²) in [5.41, 5.74) is 0.824. The number of amides is 1. The second-order valence-corrected chi connectivity index (χ2v) is 7.80. The van der Waals surface area contributed by atoms with Crippen LogP contribution in [0.2, 0.25) is 0 Å². The average molecular weight is 449 g/mol. The molecule has 0 spiro atoms. The molecular formula is C24H20N2O5S. The van der Waals surface area contributed by atoms with E-state index >= 15 is 0 Å². The predicted molar refractivity (Wildman–Crippen MR) is 123 cm³/mol. The van der Waals surface area contributed by atoms with E-state index in [1.165, 1.54) is 18.4 Å². The maximum atomic E-state index is 13.0. The van der Waals surface area contributed by atoms with Gasteiger partial charge < -0.3 is 19.5 Å². The van der Waals surface area contributed by atoms with Crippen molar-refractivity contribution in [1.29, 1.82) is 0 Å². The van der Waals surface area contributed by atoms with Crippen LogP contribution >= 0.6 is 11.3 Å². The summed E-state index contributed by atoms with van der Waals surface area (Å²) in [6.07, 6.45) is 1.70. The summed E-state index contributed by atoms with van der Waals surface area (Å²) < 4.78 is 15.9. The van der Waals surface area contributed by atoms with Crippen molar-refractivity contribution in [2.75, 3.05) is 26.1 Å². The normalized spacial score (nSPS) is 10.6. The number of thiophene rings is 1. The molecule has 0 aliphatic heterocycles. The van der Waals surface area contributed by atoms with Gasteiger partial charge in [0.05, 0.1) is 24.8 Å². The molecule has 0 aliphatic rings. The molecular weight excluding hydrogens is 428 g/mol. The van der Waals surface area contributed by atoms with Gasteiger partial charge in [-0.05, 0) is 54.6 Å². The van der Waals surface area contributed by atoms with Crippen molar-refractivity contribution in [2.45, 2.75) is 0 Å². The number of hydrogen-bond acceptors (Lipinski definition) is 7. The molecule has 1 N–H and O–H groups in total. The fourth-order valence-corrected chi connectivity index (χ4v) is 4.04. The summed E-state index contributed by atoms with van der Waals surface area (Å²) in [6.45, 7) is -0.199. The van der Waals surface area contributed by atoms with Crippen molar-refractivity contribution in [2.24, 2.45) is 0 Å². The molecule has 0 saturated heterocycles. The van der Waals surface area contributed by atoms with Crippen molar-refractivity contribution < 1.29 is 23.8 Å². The standard InChI is InChI=1S/C24H20N2O5S/c1-29-17-6-8-18(9-7-17)31-14-22(27)26-19-12-15(5-10-20(19)30-2)23(28)21-13-16-4-3-11-25-24(16)32-21/h3-13H,14H2,1-2H3,(H,26,27). The topological polar surface area (TPSA) is 86.8 Å². The second kappa shape index (κ2) is 9.49. The zero-order valence-corrected chi connectivity index (χ0v) is 18.3. The van der Waals surface area contributed by atoms with Gasteiger partial charge in [-0.15, -0.1) is 11.3 Å². The molecule has 2 aromatic heterocycles. The van der Waals surface area contributed by atoms with E-state index in [0.717, 1.165) is 10.2 Å². The lowest BCUT2D eigenvalue weighted by Gasteiger charge is -2.12. The highest BCUT2D eigenvalue weighted by Crippen LogP contribution is 2.30. The van der Waals surface area contributed by atoms with E-state index in [4.69, 9.17) is 14.2 Å². The van der Waals surface area contributed by atoms with E-state index in [9.17, 15) is 9.59 Å². The van der Waals surface area contributed by atoms with E-state index in [-0.39, 0.29) is 18.3 Å². The zero-order chi connectivity index (χ0) is 22.5. The monoisotopic (exact) mass is 448 g/mol. The molecule has 162 valence electrons. The third-order valence-electron chi connectivity index (χ3n) is 4.68. The first-order valence-electron chi connectivity index (χ1n) is 9.71. The molecule has 0 aliphatic carbocycles. The molecule has 0 saturated carbocycles. The fraction of sp³-hybridized carbons (Fsp3) is 0.125. The van der Waals surface area contributed by atoms with Crippen LogP contribution in [-0.4, -0.2) is 37.5 Å². The number of ketones is 1. The molecule has 32 heavy (non-hydrogen) atoms. The Morgan fingerprint density at radius 2 is 1.75 bits per heavy atom. The highest BCUT2D eigenvalue weighted by molar-refractivity contribution is 7.20. The van der Waals surface area contributed by atoms with Crippen LogP contribution < -0.4 is 19.5 Å². The lowest BCUT2D eigenvalue weighted by atomic mass is 10.1. The Labute approximate surface area is 188 Å². The number of rotatable bonds is 8. The number of benzene rings is 2. The fourth-order valence-electron chi connectivity index (χ4n) is 3.08. The Balaban J connectivity index is 1.48. The van der Waals surface area contributed by atoms with E-state index in [2.05, 4.69) is 10.3 Å². The van der Waals surface area contributed by atoms with Crippen molar-refractivity contribution in [3.05, 3.63) is 77.3 Å². The number of anilines is 1. The number of aromatic nitrogens is 1. The number of carbonyl (C=O) groups excluding carboxylic acids is 2. The molecule has 2 aromatic carbocycles. The minimum Gasteiger partial charge on any atom is -0.497 e. The minimum absolute atomic E-state index is 0.152. The highest BCUT2D eigenvalue weighted by atomic mass is 32.1. The SMILES string of the molecule is COc1ccc(OCC(=O)Nc2cc(C(=O)c3cc4cccnc4s3)ccc2OC)cc1. The number of hydrogen-bond donors (Lipinski definition) is 1. The van der Waals surface area contributed by atoms with Crippen molar-refractivity contribution in [1.82, 2.24) is 4.98 Å². The first-order valence-corrected chi connectivity index (χ1v) is 10.5. The summed E-state index contributed by atoms with van der Waals surface area (Å²) >= 11 is 1.33. The molecule has 0 bridgehead atoms. The Morgan fingerprint density at radius 1 is 0.969 bits per heavy atom. The number of ether oxygens (including phenoxy) is 3. The summed E-state index contributed by atoms with van der Waals surface area (Å²) in [4.78, 5) is 31.1. The van der Waals surface area contributed by atoms with Gasteiger partial charge in [-0.2, -0.15) is 0 Å². The summed E-state index contributed by atoms with van der Waals surface area (Å²) in [5.74, 6) is 1.14. The first-order chi connectivity index (χ1) is 15.6. The highest BCUT2D eigenvalue weighted by Gasteiger charge is 2.17. The summed E-state index contributed by atoms with van der Waals surface area (Å²) in [5, 5.41) is 3.67. The Hall–Kier alpha value is -3.91. The molecule has 0 atom stereocenters. The van der Waals surface area contributed by atoms with Gasteiger partial charge in [-0.1, -0.05) is 6.07 Å². The Kier molecular flexibility index (Phi) is 6.32. The lowest BCUT2D eigenvalue weighted by molar-refractivity contribution is -0.118. The molecule has 7 nitrogen and oxygen atoms in total. The van der Waals surface area contributed by atoms with Crippen LogP contribution in [0, 0.1) is 0 Å². The van der Waals surface area contributed by atoms with Crippen LogP contribution in [0.5, 0.6) is 17.2 Å². The van der Waals surface area contributed by atoms with Gasteiger partial charge in [-0.25, -0.2) is 4.98 Å². The largest absolute Gasteiger partial charge is 0.497 e. The van der Waals surface area contributed by atoms with E-state index in [1.54, 1.807) is 55.8 Å². The van der Waals surface area contributed by atoms with Crippen LogP contribution in [-0.2, 0) is 4.79 Å². The van der Waals surface area contributed by atoms with Crippen LogP contribution in [0.25, 0.3) is 10.2 Å². The third kappa shape index (κ3) is 4.70. The molecule has 0 radical (unpaired) electrons. The molecule has 1 amide bonds. The van der Waals surface area contributed by atoms with Crippen molar-refractivity contribution in [3.63, 3.8) is 0 Å². The number of methoxy groups -OCH3 is 2. The van der Waals surface area contributed by atoms with Crippen molar-refractivity contribution in [3.8, 4) is 17.2 Å². The second-order valence-electron chi connectivity index (χ2n) is 6.76. The van der Waals surface area contributed by atoms with Gasteiger partial charge in [-0.3, -0.25) is 9.59 Å². The van der Waals surface area contributed by atoms with Gasteiger partial charge >= 0.3 is 0 Å². The molecule has 4 rings (SSSR count). The first kappa shape index (κ1) is 21.3. The number of nitrogens with one attached hydrogen (secondary N) is 1. The minimum atomic E-state index is -0.380. The Bertz CT molecular complexity index is 1230. The van der Waals surface area contributed by atoms with Gasteiger partial charge in [0, 0.05) is 17.1 Å². The summed E-state index contributed by atoms with van der Waals surface area (Å²) in [7, 11) is 3.07. The van der Waals surface area contributed by atoms with Crippen LogP contribution in [0.1, 0.15) is 15.2 Å². The Morgan fingerprint density at radius 3 is 2.47 bits per heavy atom. The molecule has 4 aromatic rings. The number of fused-ring (bicyclic) bond motifs is 1.